The Labute approximate surface area is 166 Å². The summed E-state index contributed by atoms with van der Waals surface area (Å²) in [5.41, 5.74) is 2.13. The molecule has 1 aliphatic heterocycles. The number of halogens is 1. The number of nitrogens with zero attached hydrogens (tertiary/aromatic N) is 3. The Balaban J connectivity index is 0.00000243. The van der Waals surface area contributed by atoms with Crippen molar-refractivity contribution < 1.29 is 0 Å². The Morgan fingerprint density at radius 3 is 2.73 bits per heavy atom. The van der Waals surface area contributed by atoms with E-state index < -0.39 is 0 Å². The maximum atomic E-state index is 4.61. The molecule has 0 saturated carbocycles. The van der Waals surface area contributed by atoms with E-state index in [1.54, 1.807) is 0 Å². The molecule has 2 aromatic rings. The van der Waals surface area contributed by atoms with Gasteiger partial charge in [-0.3, -0.25) is 4.99 Å². The van der Waals surface area contributed by atoms with Gasteiger partial charge in [0.25, 0.3) is 0 Å². The van der Waals surface area contributed by atoms with Gasteiger partial charge < -0.3 is 20.5 Å². The summed E-state index contributed by atoms with van der Waals surface area (Å²) in [4.78, 5) is 14.7. The van der Waals surface area contributed by atoms with Gasteiger partial charge in [0, 0.05) is 31.7 Å². The highest BCUT2D eigenvalue weighted by Crippen LogP contribution is 2.19. The number of aromatic nitrogens is 2. The molecule has 1 saturated heterocycles. The summed E-state index contributed by atoms with van der Waals surface area (Å²) < 4.78 is 0. The second kappa shape index (κ2) is 9.37. The van der Waals surface area contributed by atoms with Gasteiger partial charge in [-0.25, -0.2) is 4.98 Å². The predicted molar refractivity (Wildman–Crippen MR) is 114 cm³/mol. The molecule has 1 aliphatic rings. The maximum absolute atomic E-state index is 4.61. The largest absolute Gasteiger partial charge is 0.356 e. The minimum atomic E-state index is 0. The summed E-state index contributed by atoms with van der Waals surface area (Å²) in [5, 5.41) is 7.95. The van der Waals surface area contributed by atoms with Crippen LogP contribution in [0, 0.1) is 5.41 Å². The third-order valence-electron chi connectivity index (χ3n) is 4.71. The SMILES string of the molecule is Br.CN=C(NCc1ccc2cc[nH]c2n1)NCC(C)(C)CN1CCCC1. The Morgan fingerprint density at radius 2 is 2.00 bits per heavy atom. The van der Waals surface area contributed by atoms with E-state index in [1.165, 1.54) is 25.9 Å². The summed E-state index contributed by atoms with van der Waals surface area (Å²) in [5.74, 6) is 0.822. The van der Waals surface area contributed by atoms with E-state index in [-0.39, 0.29) is 22.4 Å². The molecule has 3 heterocycles. The van der Waals surface area contributed by atoms with Crippen LogP contribution in [-0.2, 0) is 6.54 Å². The van der Waals surface area contributed by atoms with Gasteiger partial charge in [-0.2, -0.15) is 0 Å². The summed E-state index contributed by atoms with van der Waals surface area (Å²) in [6.45, 7) is 9.78. The number of hydrogen-bond donors (Lipinski definition) is 3. The Kier molecular flexibility index (Phi) is 7.46. The van der Waals surface area contributed by atoms with Gasteiger partial charge in [0.15, 0.2) is 5.96 Å². The monoisotopic (exact) mass is 422 g/mol. The molecule has 0 amide bonds. The topological polar surface area (TPSA) is 68.3 Å². The first-order chi connectivity index (χ1) is 12.1. The van der Waals surface area contributed by atoms with Crippen LogP contribution in [0.2, 0.25) is 0 Å². The first kappa shape index (κ1) is 20.7. The van der Waals surface area contributed by atoms with Crippen molar-refractivity contribution in [1.82, 2.24) is 25.5 Å². The van der Waals surface area contributed by atoms with Gasteiger partial charge in [-0.15, -0.1) is 17.0 Å². The zero-order valence-electron chi connectivity index (χ0n) is 16.0. The summed E-state index contributed by atoms with van der Waals surface area (Å²) in [6.07, 6.45) is 4.59. The van der Waals surface area contributed by atoms with Gasteiger partial charge >= 0.3 is 0 Å². The van der Waals surface area contributed by atoms with Crippen LogP contribution in [0.25, 0.3) is 11.0 Å². The van der Waals surface area contributed by atoms with Crippen molar-refractivity contribution in [2.75, 3.05) is 33.2 Å². The van der Waals surface area contributed by atoms with Crippen LogP contribution in [0.15, 0.2) is 29.4 Å². The number of H-pyrrole nitrogens is 1. The molecule has 0 spiro atoms. The van der Waals surface area contributed by atoms with Crippen molar-refractivity contribution in [2.24, 2.45) is 10.4 Å². The first-order valence-electron chi connectivity index (χ1n) is 9.16. The lowest BCUT2D eigenvalue weighted by atomic mass is 9.93. The molecule has 6 nitrogen and oxygen atoms in total. The van der Waals surface area contributed by atoms with Crippen LogP contribution in [0.5, 0.6) is 0 Å². The number of nitrogens with one attached hydrogen (secondary N) is 3. The van der Waals surface area contributed by atoms with E-state index in [1.807, 2.05) is 25.4 Å². The maximum Gasteiger partial charge on any atom is 0.191 e. The molecule has 3 rings (SSSR count). The third-order valence-corrected chi connectivity index (χ3v) is 4.71. The lowest BCUT2D eigenvalue weighted by Crippen LogP contribution is -2.45. The minimum absolute atomic E-state index is 0. The van der Waals surface area contributed by atoms with E-state index in [2.05, 4.69) is 50.4 Å². The fourth-order valence-corrected chi connectivity index (χ4v) is 3.39. The molecule has 3 N–H and O–H groups in total. The van der Waals surface area contributed by atoms with Crippen molar-refractivity contribution in [1.29, 1.82) is 0 Å². The van der Waals surface area contributed by atoms with E-state index >= 15 is 0 Å². The lowest BCUT2D eigenvalue weighted by Gasteiger charge is -2.30. The molecular weight excluding hydrogens is 392 g/mol. The van der Waals surface area contributed by atoms with E-state index in [0.717, 1.165) is 35.8 Å². The quantitative estimate of drug-likeness (QED) is 0.494. The molecule has 1 fully saturated rings. The van der Waals surface area contributed by atoms with Crippen molar-refractivity contribution in [2.45, 2.75) is 33.2 Å². The second-order valence-electron chi connectivity index (χ2n) is 7.64. The number of aromatic amines is 1. The summed E-state index contributed by atoms with van der Waals surface area (Å²) >= 11 is 0. The summed E-state index contributed by atoms with van der Waals surface area (Å²) in [7, 11) is 1.81. The van der Waals surface area contributed by atoms with Gasteiger partial charge in [0.05, 0.1) is 12.2 Å². The second-order valence-corrected chi connectivity index (χ2v) is 7.64. The fourth-order valence-electron chi connectivity index (χ4n) is 3.39. The number of likely N-dealkylation sites (tertiary alicyclic amines) is 1. The number of hydrogen-bond acceptors (Lipinski definition) is 3. The molecule has 26 heavy (non-hydrogen) atoms. The lowest BCUT2D eigenvalue weighted by molar-refractivity contribution is 0.210. The predicted octanol–water partition coefficient (Wildman–Crippen LogP) is 2.93. The van der Waals surface area contributed by atoms with Crippen molar-refractivity contribution in [3.05, 3.63) is 30.1 Å². The number of pyridine rings is 1. The zero-order chi connectivity index (χ0) is 17.7. The molecule has 2 aromatic heterocycles. The van der Waals surface area contributed by atoms with E-state index in [0.29, 0.717) is 6.54 Å². The molecular formula is C19H31BrN6. The molecule has 0 atom stereocenters. The van der Waals surface area contributed by atoms with Gasteiger partial charge in [-0.05, 0) is 49.5 Å². The van der Waals surface area contributed by atoms with Crippen molar-refractivity contribution in [3.8, 4) is 0 Å². The van der Waals surface area contributed by atoms with Crippen molar-refractivity contribution in [3.63, 3.8) is 0 Å². The van der Waals surface area contributed by atoms with Crippen LogP contribution in [0.4, 0.5) is 0 Å². The average molecular weight is 423 g/mol. The number of fused-ring (bicyclic) bond motifs is 1. The highest BCUT2D eigenvalue weighted by atomic mass is 79.9. The molecule has 7 heteroatoms. The number of rotatable bonds is 6. The first-order valence-corrected chi connectivity index (χ1v) is 9.16. The fraction of sp³-hybridized carbons (Fsp3) is 0.579. The van der Waals surface area contributed by atoms with E-state index in [9.17, 15) is 0 Å². The highest BCUT2D eigenvalue weighted by molar-refractivity contribution is 8.93. The van der Waals surface area contributed by atoms with Crippen molar-refractivity contribution >= 4 is 34.0 Å². The average Bonchev–Trinajstić information content (AvgIpc) is 3.25. The van der Waals surface area contributed by atoms with Crippen LogP contribution in [0.3, 0.4) is 0 Å². The van der Waals surface area contributed by atoms with Crippen LogP contribution >= 0.6 is 17.0 Å². The number of guanidine groups is 1. The molecule has 0 aliphatic carbocycles. The molecule has 144 valence electrons. The van der Waals surface area contributed by atoms with Crippen LogP contribution in [-0.4, -0.2) is 54.1 Å². The molecule has 0 radical (unpaired) electrons. The molecule has 0 unspecified atom stereocenters. The van der Waals surface area contributed by atoms with Gasteiger partial charge in [0.2, 0.25) is 0 Å². The highest BCUT2D eigenvalue weighted by Gasteiger charge is 2.24. The van der Waals surface area contributed by atoms with Crippen LogP contribution in [0.1, 0.15) is 32.4 Å². The molecule has 0 aromatic carbocycles. The van der Waals surface area contributed by atoms with Gasteiger partial charge in [0.1, 0.15) is 5.65 Å². The van der Waals surface area contributed by atoms with Gasteiger partial charge in [-0.1, -0.05) is 13.8 Å². The normalized spacial score (nSPS) is 15.9. The molecule has 0 bridgehead atoms. The smallest absolute Gasteiger partial charge is 0.191 e. The Hall–Kier alpha value is -1.60. The minimum Gasteiger partial charge on any atom is -0.356 e. The third kappa shape index (κ3) is 5.71. The summed E-state index contributed by atoms with van der Waals surface area (Å²) in [6, 6.07) is 6.17. The Bertz CT molecular complexity index is 718. The standard InChI is InChI=1S/C19H30N6.BrH/c1-19(2,14-25-10-4-5-11-25)13-23-18(20-3)22-12-16-7-6-15-8-9-21-17(15)24-16;/h6-9H,4-5,10-14H2,1-3H3,(H,21,24)(H2,20,22,23);1H. The number of aliphatic imine (C=N–C) groups is 1. The van der Waals surface area contributed by atoms with Crippen LogP contribution < -0.4 is 10.6 Å². The van der Waals surface area contributed by atoms with E-state index in [4.69, 9.17) is 0 Å². The Morgan fingerprint density at radius 1 is 1.23 bits per heavy atom. The zero-order valence-corrected chi connectivity index (χ0v) is 17.7.